The summed E-state index contributed by atoms with van der Waals surface area (Å²) in [6.45, 7) is 12.4. The van der Waals surface area contributed by atoms with Gasteiger partial charge in [-0.1, -0.05) is 46.6 Å². The van der Waals surface area contributed by atoms with Crippen LogP contribution in [0, 0.1) is 0 Å². The van der Waals surface area contributed by atoms with Crippen LogP contribution in [-0.4, -0.2) is 77.6 Å². The SMILES string of the molecule is CCCN(CCC)C(O)COP(=O)(OCC(O)N(CCC)CCC)ONSCC. The Hall–Kier alpha value is 0.260. The van der Waals surface area contributed by atoms with E-state index in [4.69, 9.17) is 13.7 Å². The number of aliphatic hydroxyl groups excluding tert-OH is 2. The molecule has 29 heavy (non-hydrogen) atoms. The van der Waals surface area contributed by atoms with Crippen molar-refractivity contribution in [2.75, 3.05) is 45.1 Å². The van der Waals surface area contributed by atoms with Crippen LogP contribution in [0.2, 0.25) is 0 Å². The van der Waals surface area contributed by atoms with Gasteiger partial charge in [-0.3, -0.25) is 18.8 Å². The molecule has 2 atom stereocenters. The Morgan fingerprint density at radius 2 is 1.21 bits per heavy atom. The molecule has 0 rings (SSSR count). The second-order valence-corrected chi connectivity index (χ2v) is 9.31. The molecule has 0 saturated carbocycles. The Bertz CT molecular complexity index is 396. The van der Waals surface area contributed by atoms with E-state index in [2.05, 4.69) is 4.89 Å². The van der Waals surface area contributed by atoms with E-state index in [0.29, 0.717) is 31.9 Å². The summed E-state index contributed by atoms with van der Waals surface area (Å²) >= 11 is 1.20. The summed E-state index contributed by atoms with van der Waals surface area (Å²) in [5.74, 6) is 0.687. The molecule has 0 saturated heterocycles. The number of hydrogen-bond acceptors (Lipinski definition) is 10. The molecule has 0 aliphatic heterocycles. The van der Waals surface area contributed by atoms with Crippen LogP contribution in [0.4, 0.5) is 0 Å². The summed E-state index contributed by atoms with van der Waals surface area (Å²) < 4.78 is 28.9. The maximum absolute atomic E-state index is 13.0. The monoisotopic (exact) mass is 459 g/mol. The summed E-state index contributed by atoms with van der Waals surface area (Å²) in [6, 6.07) is 0. The molecular weight excluding hydrogens is 417 g/mol. The fourth-order valence-electron chi connectivity index (χ4n) is 2.72. The highest BCUT2D eigenvalue weighted by Gasteiger charge is 2.31. The normalized spacial score (nSPS) is 16.3. The summed E-state index contributed by atoms with van der Waals surface area (Å²) in [7, 11) is -4.02. The summed E-state index contributed by atoms with van der Waals surface area (Å²) in [5.41, 5.74) is 0. The summed E-state index contributed by atoms with van der Waals surface area (Å²) in [5, 5.41) is 20.8. The van der Waals surface area contributed by atoms with Gasteiger partial charge in [-0.05, 0) is 25.7 Å². The van der Waals surface area contributed by atoms with Crippen molar-refractivity contribution in [1.82, 2.24) is 14.7 Å². The molecule has 0 aromatic heterocycles. The van der Waals surface area contributed by atoms with Crippen LogP contribution in [0.15, 0.2) is 0 Å². The van der Waals surface area contributed by atoms with Gasteiger partial charge in [0.2, 0.25) is 0 Å². The van der Waals surface area contributed by atoms with Gasteiger partial charge >= 0.3 is 7.82 Å². The number of rotatable bonds is 20. The molecule has 9 nitrogen and oxygen atoms in total. The van der Waals surface area contributed by atoms with Gasteiger partial charge in [0.1, 0.15) is 12.5 Å². The van der Waals surface area contributed by atoms with Crippen molar-refractivity contribution >= 4 is 19.8 Å². The molecule has 176 valence electrons. The third-order valence-electron chi connectivity index (χ3n) is 4.00. The Morgan fingerprint density at radius 3 is 1.52 bits per heavy atom. The summed E-state index contributed by atoms with van der Waals surface area (Å²) in [6.07, 6.45) is 1.69. The first-order chi connectivity index (χ1) is 13.9. The number of aliphatic hydroxyl groups is 2. The average Bonchev–Trinajstić information content (AvgIpc) is 2.70. The van der Waals surface area contributed by atoms with E-state index in [-0.39, 0.29) is 13.2 Å². The molecule has 0 fully saturated rings. The van der Waals surface area contributed by atoms with Crippen molar-refractivity contribution in [3.8, 4) is 0 Å². The van der Waals surface area contributed by atoms with Crippen LogP contribution >= 0.6 is 19.8 Å². The zero-order chi connectivity index (χ0) is 22.1. The Morgan fingerprint density at radius 1 is 0.828 bits per heavy atom. The Kier molecular flexibility index (Phi) is 18.1. The van der Waals surface area contributed by atoms with E-state index < -0.39 is 20.3 Å². The Balaban J connectivity index is 4.91. The fraction of sp³-hybridized carbons (Fsp3) is 1.00. The minimum absolute atomic E-state index is 0.223. The third-order valence-corrected chi connectivity index (χ3v) is 5.86. The number of nitrogens with one attached hydrogen (secondary N) is 1. The van der Waals surface area contributed by atoms with E-state index in [9.17, 15) is 14.8 Å². The molecule has 0 radical (unpaired) electrons. The van der Waals surface area contributed by atoms with E-state index in [1.165, 1.54) is 11.9 Å². The quantitative estimate of drug-likeness (QED) is 0.0826. The second kappa shape index (κ2) is 17.9. The van der Waals surface area contributed by atoms with Crippen LogP contribution in [0.25, 0.3) is 0 Å². The van der Waals surface area contributed by atoms with Gasteiger partial charge in [0.05, 0.1) is 13.2 Å². The highest BCUT2D eigenvalue weighted by molar-refractivity contribution is 7.97. The summed E-state index contributed by atoms with van der Waals surface area (Å²) in [4.78, 5) is 6.21. The number of phosphoric ester groups is 1. The van der Waals surface area contributed by atoms with E-state index in [1.54, 1.807) is 0 Å². The van der Waals surface area contributed by atoms with Crippen molar-refractivity contribution in [2.45, 2.75) is 72.8 Å². The molecule has 3 N–H and O–H groups in total. The molecule has 0 aromatic rings. The van der Waals surface area contributed by atoms with Crippen LogP contribution in [0.3, 0.4) is 0 Å². The van der Waals surface area contributed by atoms with Crippen molar-refractivity contribution in [1.29, 1.82) is 0 Å². The topological polar surface area (TPSA) is 104 Å². The maximum Gasteiger partial charge on any atom is 0.492 e. The van der Waals surface area contributed by atoms with Crippen LogP contribution in [0.5, 0.6) is 0 Å². The minimum Gasteiger partial charge on any atom is -0.376 e. The molecular formula is C18H42N3O6PS. The van der Waals surface area contributed by atoms with Crippen molar-refractivity contribution in [3.05, 3.63) is 0 Å². The minimum atomic E-state index is -4.02. The molecule has 0 spiro atoms. The van der Waals surface area contributed by atoms with Gasteiger partial charge < -0.3 is 10.2 Å². The van der Waals surface area contributed by atoms with Crippen molar-refractivity contribution in [3.63, 3.8) is 0 Å². The standard InChI is InChI=1S/C18H42N3O6PS/c1-6-11-20(12-7-2)17(22)15-25-28(24,27-19-29-10-5)26-16-18(23)21(13-8-3)14-9-4/h17-19,22-23H,6-16H2,1-5H3. The molecule has 0 amide bonds. The van der Waals surface area contributed by atoms with Crippen LogP contribution < -0.4 is 4.89 Å². The molecule has 11 heteroatoms. The maximum atomic E-state index is 13.0. The molecule has 2 unspecified atom stereocenters. The lowest BCUT2D eigenvalue weighted by molar-refractivity contribution is -0.0567. The molecule has 0 aliphatic rings. The molecule has 0 aliphatic carbocycles. The average molecular weight is 460 g/mol. The molecule has 0 heterocycles. The Labute approximate surface area is 181 Å². The zero-order valence-corrected chi connectivity index (χ0v) is 20.4. The lowest BCUT2D eigenvalue weighted by atomic mass is 10.3. The highest BCUT2D eigenvalue weighted by atomic mass is 32.2. The van der Waals surface area contributed by atoms with Gasteiger partial charge in [-0.2, -0.15) is 4.62 Å². The number of hydrogen-bond donors (Lipinski definition) is 3. The van der Waals surface area contributed by atoms with Gasteiger partial charge in [0.15, 0.2) is 0 Å². The van der Waals surface area contributed by atoms with Gasteiger partial charge in [-0.25, -0.2) is 4.57 Å². The first-order valence-electron chi connectivity index (χ1n) is 10.7. The molecule has 0 bridgehead atoms. The van der Waals surface area contributed by atoms with E-state index in [1.807, 2.05) is 44.4 Å². The highest BCUT2D eigenvalue weighted by Crippen LogP contribution is 2.49. The van der Waals surface area contributed by atoms with Crippen LogP contribution in [0.1, 0.15) is 60.3 Å². The van der Waals surface area contributed by atoms with Gasteiger partial charge in [-0.15, -0.1) is 4.89 Å². The predicted octanol–water partition coefficient (Wildman–Crippen LogP) is 3.20. The molecule has 0 aromatic carbocycles. The van der Waals surface area contributed by atoms with E-state index in [0.717, 1.165) is 25.7 Å². The van der Waals surface area contributed by atoms with Gasteiger partial charge in [0, 0.05) is 31.9 Å². The zero-order valence-electron chi connectivity index (χ0n) is 18.7. The lowest BCUT2D eigenvalue weighted by Crippen LogP contribution is -2.40. The van der Waals surface area contributed by atoms with E-state index >= 15 is 0 Å². The van der Waals surface area contributed by atoms with Crippen LogP contribution in [-0.2, 0) is 18.2 Å². The van der Waals surface area contributed by atoms with Gasteiger partial charge in [0.25, 0.3) is 0 Å². The largest absolute Gasteiger partial charge is 0.492 e. The number of phosphoric acid groups is 1. The van der Waals surface area contributed by atoms with Crippen molar-refractivity contribution < 1.29 is 28.5 Å². The van der Waals surface area contributed by atoms with Crippen molar-refractivity contribution in [2.24, 2.45) is 0 Å². The third kappa shape index (κ3) is 13.3. The predicted molar refractivity (Wildman–Crippen MR) is 118 cm³/mol. The second-order valence-electron chi connectivity index (χ2n) is 6.68. The lowest BCUT2D eigenvalue weighted by Gasteiger charge is -2.29. The fourth-order valence-corrected chi connectivity index (χ4v) is 4.22. The number of nitrogens with zero attached hydrogens (tertiary/aromatic N) is 2. The smallest absolute Gasteiger partial charge is 0.376 e. The first kappa shape index (κ1) is 29.3. The first-order valence-corrected chi connectivity index (χ1v) is 13.1.